The minimum atomic E-state index is -1.28. The Labute approximate surface area is 91.8 Å². The third kappa shape index (κ3) is 4.31. The van der Waals surface area contributed by atoms with Gasteiger partial charge >= 0.3 is 0 Å². The summed E-state index contributed by atoms with van der Waals surface area (Å²) in [6.07, 6.45) is 4.82. The number of hydrogen-bond acceptors (Lipinski definition) is 0. The van der Waals surface area contributed by atoms with Gasteiger partial charge in [-0.15, -0.1) is 0 Å². The zero-order valence-corrected chi connectivity index (χ0v) is 10.2. The summed E-state index contributed by atoms with van der Waals surface area (Å²) in [5.41, 5.74) is -2.44. The largest absolute Gasteiger partial charge is 0.244 e. The fraction of sp³-hybridized carbons (Fsp3) is 0.846. The topological polar surface area (TPSA) is 0 Å². The van der Waals surface area contributed by atoms with Crippen molar-refractivity contribution in [3.8, 4) is 0 Å². The number of alkyl halides is 2. The normalized spacial score (nSPS) is 38.5. The highest BCUT2D eigenvalue weighted by Crippen LogP contribution is 2.40. The zero-order valence-electron chi connectivity index (χ0n) is 10.2. The highest BCUT2D eigenvalue weighted by Gasteiger charge is 2.39. The van der Waals surface area contributed by atoms with Crippen LogP contribution in [0.25, 0.3) is 0 Å². The van der Waals surface area contributed by atoms with E-state index in [4.69, 9.17) is 0 Å². The van der Waals surface area contributed by atoms with Crippen molar-refractivity contribution in [3.05, 3.63) is 12.2 Å². The van der Waals surface area contributed by atoms with Gasteiger partial charge in [0.1, 0.15) is 11.3 Å². The lowest BCUT2D eigenvalue weighted by atomic mass is 9.78. The van der Waals surface area contributed by atoms with E-state index in [1.807, 2.05) is 26.8 Å². The number of hydrogen-bond donors (Lipinski definition) is 0. The van der Waals surface area contributed by atoms with Crippen molar-refractivity contribution in [1.82, 2.24) is 0 Å². The molecule has 0 aromatic heterocycles. The van der Waals surface area contributed by atoms with E-state index >= 15 is 0 Å². The van der Waals surface area contributed by atoms with Gasteiger partial charge < -0.3 is 0 Å². The lowest BCUT2D eigenvalue weighted by Gasteiger charge is -2.34. The molecule has 1 rings (SSSR count). The second kappa shape index (κ2) is 3.88. The monoisotopic (exact) mass is 216 g/mol. The van der Waals surface area contributed by atoms with Crippen LogP contribution >= 0.6 is 0 Å². The summed E-state index contributed by atoms with van der Waals surface area (Å²) >= 11 is 0. The Balaban J connectivity index is 2.60. The second-order valence-electron chi connectivity index (χ2n) is 6.15. The van der Waals surface area contributed by atoms with E-state index in [1.54, 1.807) is 13.0 Å². The van der Waals surface area contributed by atoms with Crippen LogP contribution in [0.15, 0.2) is 12.2 Å². The minimum absolute atomic E-state index is 0.00441. The summed E-state index contributed by atoms with van der Waals surface area (Å²) in [6.45, 7) is 7.68. The van der Waals surface area contributed by atoms with Gasteiger partial charge in [-0.05, 0) is 38.0 Å². The summed E-state index contributed by atoms with van der Waals surface area (Å²) in [7, 11) is 0. The first kappa shape index (κ1) is 12.7. The molecule has 0 saturated heterocycles. The molecule has 0 N–H and O–H groups in total. The molecule has 1 aliphatic rings. The van der Waals surface area contributed by atoms with Gasteiger partial charge in [-0.3, -0.25) is 0 Å². The van der Waals surface area contributed by atoms with E-state index in [1.165, 1.54) is 0 Å². The van der Waals surface area contributed by atoms with E-state index in [2.05, 4.69) is 0 Å². The van der Waals surface area contributed by atoms with E-state index in [0.29, 0.717) is 25.7 Å². The minimum Gasteiger partial charge on any atom is -0.244 e. The van der Waals surface area contributed by atoms with Crippen molar-refractivity contribution in [2.45, 2.75) is 64.7 Å². The van der Waals surface area contributed by atoms with Crippen LogP contribution in [-0.4, -0.2) is 11.3 Å². The average molecular weight is 216 g/mol. The molecule has 0 atom stereocenters. The van der Waals surface area contributed by atoms with Gasteiger partial charge in [0.15, 0.2) is 0 Å². The molecule has 0 aliphatic heterocycles. The molecule has 1 aliphatic carbocycles. The maximum Gasteiger partial charge on any atom is 0.129 e. The van der Waals surface area contributed by atoms with E-state index in [-0.39, 0.29) is 5.41 Å². The van der Waals surface area contributed by atoms with Crippen molar-refractivity contribution in [2.24, 2.45) is 5.41 Å². The molecule has 0 aromatic rings. The number of halogens is 2. The molecule has 88 valence electrons. The van der Waals surface area contributed by atoms with Crippen LogP contribution in [-0.2, 0) is 0 Å². The van der Waals surface area contributed by atoms with Crippen molar-refractivity contribution in [2.75, 3.05) is 0 Å². The van der Waals surface area contributed by atoms with Crippen molar-refractivity contribution in [3.63, 3.8) is 0 Å². The molecule has 0 nitrogen and oxygen atoms in total. The molecular formula is C13H22F2. The van der Waals surface area contributed by atoms with Crippen LogP contribution in [0.4, 0.5) is 8.78 Å². The summed E-state index contributed by atoms with van der Waals surface area (Å²) in [5.74, 6) is 0. The molecule has 0 amide bonds. The van der Waals surface area contributed by atoms with Crippen LogP contribution in [0.2, 0.25) is 0 Å². The second-order valence-corrected chi connectivity index (χ2v) is 6.15. The predicted molar refractivity (Wildman–Crippen MR) is 60.4 cm³/mol. The summed E-state index contributed by atoms with van der Waals surface area (Å²) in [5, 5.41) is 0. The van der Waals surface area contributed by atoms with Gasteiger partial charge in [0, 0.05) is 0 Å². The predicted octanol–water partition coefficient (Wildman–Crippen LogP) is 4.60. The first-order chi connectivity index (χ1) is 6.62. The van der Waals surface area contributed by atoms with E-state index in [9.17, 15) is 8.78 Å². The van der Waals surface area contributed by atoms with Crippen LogP contribution in [0.3, 0.4) is 0 Å². The molecule has 0 heterocycles. The van der Waals surface area contributed by atoms with E-state index in [0.717, 1.165) is 0 Å². The van der Waals surface area contributed by atoms with Gasteiger partial charge in [0.05, 0.1) is 0 Å². The van der Waals surface area contributed by atoms with Gasteiger partial charge in [-0.2, -0.15) is 0 Å². The van der Waals surface area contributed by atoms with Gasteiger partial charge in [0.25, 0.3) is 0 Å². The third-order valence-electron chi connectivity index (χ3n) is 3.01. The van der Waals surface area contributed by atoms with Gasteiger partial charge in [0.2, 0.25) is 0 Å². The molecule has 0 spiro atoms. The molecule has 0 bridgehead atoms. The van der Waals surface area contributed by atoms with Gasteiger partial charge in [-0.1, -0.05) is 32.9 Å². The fourth-order valence-electron chi connectivity index (χ4n) is 1.75. The zero-order chi connectivity index (χ0) is 11.7. The quantitative estimate of drug-likeness (QED) is 0.562. The smallest absolute Gasteiger partial charge is 0.129 e. The molecule has 1 saturated carbocycles. The average Bonchev–Trinajstić information content (AvgIpc) is 2.07. The Kier molecular flexibility index (Phi) is 3.27. The first-order valence-corrected chi connectivity index (χ1v) is 5.70. The SMILES string of the molecule is CC(C)(C)/C=C/C1(F)CCC(C)(F)CC1. The Hall–Kier alpha value is -0.400. The molecule has 0 unspecified atom stereocenters. The fourth-order valence-corrected chi connectivity index (χ4v) is 1.75. The van der Waals surface area contributed by atoms with Crippen LogP contribution in [0.1, 0.15) is 53.4 Å². The lowest BCUT2D eigenvalue weighted by molar-refractivity contribution is 0.0509. The maximum atomic E-state index is 14.2. The van der Waals surface area contributed by atoms with Crippen molar-refractivity contribution in [1.29, 1.82) is 0 Å². The summed E-state index contributed by atoms with van der Waals surface area (Å²) in [4.78, 5) is 0. The number of rotatable bonds is 1. The number of allylic oxidation sites excluding steroid dienone is 2. The van der Waals surface area contributed by atoms with Crippen molar-refractivity contribution < 1.29 is 8.78 Å². The molecule has 2 heteroatoms. The summed E-state index contributed by atoms with van der Waals surface area (Å²) in [6, 6.07) is 0. The Morgan fingerprint density at radius 3 is 1.87 bits per heavy atom. The Bertz CT molecular complexity index is 236. The van der Waals surface area contributed by atoms with Crippen molar-refractivity contribution >= 4 is 0 Å². The molecule has 1 fully saturated rings. The van der Waals surface area contributed by atoms with Crippen LogP contribution < -0.4 is 0 Å². The highest BCUT2D eigenvalue weighted by molar-refractivity contribution is 5.08. The molecule has 0 radical (unpaired) electrons. The standard InChI is InChI=1S/C13H22F2/c1-11(2,3)5-8-13(15)9-6-12(4,14)7-10-13/h5,8H,6-7,9-10H2,1-4H3/b8-5+. The maximum absolute atomic E-state index is 14.2. The lowest BCUT2D eigenvalue weighted by Crippen LogP contribution is -2.34. The van der Waals surface area contributed by atoms with Crippen LogP contribution in [0.5, 0.6) is 0 Å². The van der Waals surface area contributed by atoms with Crippen LogP contribution in [0, 0.1) is 5.41 Å². The van der Waals surface area contributed by atoms with E-state index < -0.39 is 11.3 Å². The van der Waals surface area contributed by atoms with Gasteiger partial charge in [-0.25, -0.2) is 8.78 Å². The molecular weight excluding hydrogens is 194 g/mol. The highest BCUT2D eigenvalue weighted by atomic mass is 19.1. The molecule has 15 heavy (non-hydrogen) atoms. The Morgan fingerprint density at radius 1 is 1.00 bits per heavy atom. The Morgan fingerprint density at radius 2 is 1.47 bits per heavy atom. The third-order valence-corrected chi connectivity index (χ3v) is 3.01. The molecule has 0 aromatic carbocycles. The summed E-state index contributed by atoms with van der Waals surface area (Å²) < 4.78 is 27.7. The first-order valence-electron chi connectivity index (χ1n) is 5.70.